The van der Waals surface area contributed by atoms with Gasteiger partial charge in [-0.1, -0.05) is 51.8 Å². The maximum absolute atomic E-state index is 11.8. The minimum absolute atomic E-state index is 0. The van der Waals surface area contributed by atoms with Crippen molar-refractivity contribution in [2.24, 2.45) is 28.6 Å². The molecule has 0 amide bonds. The molecule has 3 aliphatic carbocycles. The second-order valence-corrected chi connectivity index (χ2v) is 8.52. The quantitative estimate of drug-likeness (QED) is 0.650. The molecule has 2 nitrogen and oxygen atoms in total. The van der Waals surface area contributed by atoms with Crippen molar-refractivity contribution in [2.45, 2.75) is 66.2 Å². The molecule has 3 rings (SSSR count). The fourth-order valence-corrected chi connectivity index (χ4v) is 5.59. The normalized spacial score (nSPS) is 39.5. The van der Waals surface area contributed by atoms with Crippen LogP contribution in [0.15, 0.2) is 23.3 Å². The van der Waals surface area contributed by atoms with Gasteiger partial charge < -0.3 is 9.90 Å². The zero-order valence-electron chi connectivity index (χ0n) is 14.7. The third-order valence-electron chi connectivity index (χ3n) is 7.05. The van der Waals surface area contributed by atoms with Gasteiger partial charge in [-0.25, -0.2) is 0 Å². The molecule has 132 valence electrons. The van der Waals surface area contributed by atoms with E-state index in [4.69, 9.17) is 0 Å². The largest absolute Gasteiger partial charge is 1.00 e. The minimum Gasteiger partial charge on any atom is -0.550 e. The first-order chi connectivity index (χ1) is 10.3. The Hall–Kier alpha value is -0.310. The van der Waals surface area contributed by atoms with E-state index in [2.05, 4.69) is 32.9 Å². The van der Waals surface area contributed by atoms with Gasteiger partial charge in [0.15, 0.2) is 0 Å². The van der Waals surface area contributed by atoms with Crippen molar-refractivity contribution in [1.82, 2.24) is 0 Å². The van der Waals surface area contributed by atoms with Crippen LogP contribution >= 0.6 is 0 Å². The minimum atomic E-state index is -0.838. The van der Waals surface area contributed by atoms with Crippen LogP contribution in [0.25, 0.3) is 0 Å². The molecule has 0 aromatic heterocycles. The van der Waals surface area contributed by atoms with Crippen LogP contribution in [0, 0.1) is 28.6 Å². The molecule has 0 aromatic carbocycles. The molecule has 0 saturated heterocycles. The molecule has 0 spiro atoms. The Morgan fingerprint density at radius 2 is 2.00 bits per heavy atom. The number of carbonyl (C=O) groups is 1. The molecule has 4 atom stereocenters. The summed E-state index contributed by atoms with van der Waals surface area (Å²) in [7, 11) is 0. The molecular formula is C20H29AgO2. The fraction of sp³-hybridized carbons (Fsp3) is 0.750. The van der Waals surface area contributed by atoms with Crippen LogP contribution in [0.4, 0.5) is 0 Å². The number of carbonyl (C=O) groups excluding carboxylic acids is 1. The summed E-state index contributed by atoms with van der Waals surface area (Å²) in [5.74, 6) is 0.538. The Balaban J connectivity index is 0.00000192. The van der Waals surface area contributed by atoms with Gasteiger partial charge in [-0.05, 0) is 60.8 Å². The van der Waals surface area contributed by atoms with E-state index in [0.717, 1.165) is 25.7 Å². The molecule has 1 fully saturated rings. The van der Waals surface area contributed by atoms with E-state index in [1.807, 2.05) is 6.92 Å². The van der Waals surface area contributed by atoms with Gasteiger partial charge in [0, 0.05) is 11.4 Å². The van der Waals surface area contributed by atoms with Gasteiger partial charge in [-0.3, -0.25) is 0 Å². The van der Waals surface area contributed by atoms with E-state index in [1.54, 1.807) is 5.57 Å². The van der Waals surface area contributed by atoms with E-state index in [-0.39, 0.29) is 33.7 Å². The average molecular weight is 409 g/mol. The van der Waals surface area contributed by atoms with Gasteiger partial charge in [-0.2, -0.15) is 0 Å². The van der Waals surface area contributed by atoms with Crippen molar-refractivity contribution < 1.29 is 32.3 Å². The monoisotopic (exact) mass is 408 g/mol. The molecule has 0 unspecified atom stereocenters. The van der Waals surface area contributed by atoms with E-state index in [9.17, 15) is 9.90 Å². The van der Waals surface area contributed by atoms with Crippen molar-refractivity contribution >= 4 is 5.97 Å². The molecule has 23 heavy (non-hydrogen) atoms. The van der Waals surface area contributed by atoms with E-state index < -0.39 is 11.4 Å². The molecule has 0 heterocycles. The maximum Gasteiger partial charge on any atom is 1.00 e. The van der Waals surface area contributed by atoms with Gasteiger partial charge in [0.1, 0.15) is 0 Å². The van der Waals surface area contributed by atoms with Crippen LogP contribution in [0.5, 0.6) is 0 Å². The van der Waals surface area contributed by atoms with Crippen molar-refractivity contribution in [1.29, 1.82) is 0 Å². The van der Waals surface area contributed by atoms with Crippen LogP contribution in [0.2, 0.25) is 0 Å². The molecule has 3 heteroatoms. The summed E-state index contributed by atoms with van der Waals surface area (Å²) < 4.78 is 0. The molecule has 0 radical (unpaired) electrons. The Morgan fingerprint density at radius 1 is 1.30 bits per heavy atom. The fourth-order valence-electron chi connectivity index (χ4n) is 5.59. The van der Waals surface area contributed by atoms with Crippen molar-refractivity contribution in [3.8, 4) is 0 Å². The Kier molecular flexibility index (Phi) is 5.41. The predicted molar refractivity (Wildman–Crippen MR) is 86.9 cm³/mol. The average Bonchev–Trinajstić information content (AvgIpc) is 2.46. The van der Waals surface area contributed by atoms with Crippen LogP contribution < -0.4 is 5.11 Å². The van der Waals surface area contributed by atoms with Crippen molar-refractivity contribution in [3.63, 3.8) is 0 Å². The van der Waals surface area contributed by atoms with Crippen molar-refractivity contribution in [2.75, 3.05) is 0 Å². The molecule has 0 aliphatic heterocycles. The number of allylic oxidation sites excluding steroid dienone is 4. The topological polar surface area (TPSA) is 40.1 Å². The predicted octanol–water partition coefficient (Wildman–Crippen LogP) is 3.87. The summed E-state index contributed by atoms with van der Waals surface area (Å²) in [5.41, 5.74) is 2.51. The van der Waals surface area contributed by atoms with Gasteiger partial charge >= 0.3 is 22.4 Å². The van der Waals surface area contributed by atoms with Crippen LogP contribution in [0.3, 0.4) is 0 Å². The number of hydrogen-bond donors (Lipinski definition) is 0. The first-order valence-electron chi connectivity index (χ1n) is 8.91. The van der Waals surface area contributed by atoms with Gasteiger partial charge in [-0.15, -0.1) is 0 Å². The summed E-state index contributed by atoms with van der Waals surface area (Å²) in [6.07, 6.45) is 11.0. The van der Waals surface area contributed by atoms with Crippen molar-refractivity contribution in [3.05, 3.63) is 23.3 Å². The molecule has 0 N–H and O–H groups in total. The molecular weight excluding hydrogens is 380 g/mol. The summed E-state index contributed by atoms with van der Waals surface area (Å²) in [4.78, 5) is 11.8. The number of fused-ring (bicyclic) bond motifs is 3. The Labute approximate surface area is 156 Å². The zero-order chi connectivity index (χ0) is 16.1. The smallest absolute Gasteiger partial charge is 0.550 e. The first-order valence-corrected chi connectivity index (χ1v) is 8.91. The molecule has 0 aromatic rings. The number of hydrogen-bond acceptors (Lipinski definition) is 2. The zero-order valence-corrected chi connectivity index (χ0v) is 16.2. The van der Waals surface area contributed by atoms with Crippen LogP contribution in [-0.4, -0.2) is 5.97 Å². The molecule has 0 bridgehead atoms. The summed E-state index contributed by atoms with van der Waals surface area (Å²) in [5, 5.41) is 11.8. The third-order valence-corrected chi connectivity index (χ3v) is 7.05. The number of aliphatic carboxylic acids is 1. The third kappa shape index (κ3) is 2.92. The second kappa shape index (κ2) is 6.54. The van der Waals surface area contributed by atoms with E-state index in [1.165, 1.54) is 18.4 Å². The van der Waals surface area contributed by atoms with Gasteiger partial charge in [0.05, 0.1) is 0 Å². The van der Waals surface area contributed by atoms with Gasteiger partial charge in [0.2, 0.25) is 0 Å². The number of carboxylic acid groups (broad SMARTS) is 1. The number of carboxylic acids is 1. The van der Waals surface area contributed by atoms with Crippen LogP contribution in [0.1, 0.15) is 66.2 Å². The van der Waals surface area contributed by atoms with E-state index >= 15 is 0 Å². The summed E-state index contributed by atoms with van der Waals surface area (Å²) in [6.45, 7) is 8.83. The molecule has 1 saturated carbocycles. The SMILES string of the molecule is CC(C)C1=CC2=CC[C@@H]3[C@](C)(CCC[C@@]3(C)C(=O)[O-])[C@H]2CC1.[Ag+]. The Bertz CT molecular complexity index is 548. The summed E-state index contributed by atoms with van der Waals surface area (Å²) in [6, 6.07) is 0. The molecule has 3 aliphatic rings. The maximum atomic E-state index is 11.8. The van der Waals surface area contributed by atoms with E-state index in [0.29, 0.717) is 11.8 Å². The second-order valence-electron chi connectivity index (χ2n) is 8.52. The Morgan fingerprint density at radius 3 is 2.61 bits per heavy atom. The standard InChI is InChI=1S/C20H30O2.Ag/c1-13(2)14-6-8-16-15(12-14)7-9-17-19(16,3)10-5-11-20(17,4)18(21)22;/h7,12-13,16-17H,5-6,8-11H2,1-4H3,(H,21,22);/q;+1/p-1/t16-,17+,19+,20+;/m0./s1. The first kappa shape index (κ1) is 19.0. The van der Waals surface area contributed by atoms with Gasteiger partial charge in [0.25, 0.3) is 0 Å². The number of rotatable bonds is 2. The van der Waals surface area contributed by atoms with Crippen LogP contribution in [-0.2, 0) is 27.2 Å². The summed E-state index contributed by atoms with van der Waals surface area (Å²) >= 11 is 0.